The lowest BCUT2D eigenvalue weighted by Gasteiger charge is -2.12. The van der Waals surface area contributed by atoms with Crippen molar-refractivity contribution in [1.29, 1.82) is 0 Å². The van der Waals surface area contributed by atoms with Gasteiger partial charge in [-0.1, -0.05) is 0 Å². The zero-order valence-corrected chi connectivity index (χ0v) is 9.92. The maximum absolute atomic E-state index is 10.7. The maximum Gasteiger partial charge on any atom is 0.273 e. The van der Waals surface area contributed by atoms with Crippen molar-refractivity contribution in [3.63, 3.8) is 0 Å². The molecule has 8 heteroatoms. The van der Waals surface area contributed by atoms with Crippen LogP contribution in [-0.4, -0.2) is 36.4 Å². The molecule has 0 aliphatic heterocycles. The minimum Gasteiger partial charge on any atom is -0.389 e. The topological polar surface area (TPSA) is 123 Å². The number of benzene rings is 1. The van der Waals surface area contributed by atoms with Gasteiger partial charge in [0.05, 0.1) is 23.3 Å². The Morgan fingerprint density at radius 1 is 1.50 bits per heavy atom. The number of aliphatic hydroxyl groups excluding tert-OH is 1. The molecular formula is C10H16N4O4. The molecule has 0 amide bonds. The van der Waals surface area contributed by atoms with Crippen LogP contribution in [0.3, 0.4) is 0 Å². The first-order valence-corrected chi connectivity index (χ1v) is 5.23. The van der Waals surface area contributed by atoms with Crippen molar-refractivity contribution in [3.8, 4) is 0 Å². The molecule has 5 N–H and O–H groups in total. The Bertz CT molecular complexity index is 413. The molecule has 0 heterocycles. The molecule has 8 nitrogen and oxygen atoms in total. The molecule has 0 aromatic heterocycles. The van der Waals surface area contributed by atoms with Gasteiger partial charge in [0.15, 0.2) is 0 Å². The molecule has 0 aliphatic rings. The van der Waals surface area contributed by atoms with Crippen molar-refractivity contribution >= 4 is 17.1 Å². The summed E-state index contributed by atoms with van der Waals surface area (Å²) in [5, 5.41) is 23.0. The van der Waals surface area contributed by atoms with E-state index in [-0.39, 0.29) is 18.8 Å². The van der Waals surface area contributed by atoms with Gasteiger partial charge in [0, 0.05) is 31.5 Å². The van der Waals surface area contributed by atoms with Crippen molar-refractivity contribution in [2.75, 3.05) is 31.0 Å². The summed E-state index contributed by atoms with van der Waals surface area (Å²) in [5.41, 5.74) is 3.16. The molecule has 1 unspecified atom stereocenters. The number of methoxy groups -OCH3 is 1. The molecule has 1 rings (SSSR count). The number of nitrogens with two attached hydrogens (primary N) is 1. The SMILES string of the molecule is COCC(O)CNc1cc(NN)cc([N+](=O)[O-])c1. The number of nitro groups is 1. The van der Waals surface area contributed by atoms with E-state index in [2.05, 4.69) is 10.7 Å². The second kappa shape index (κ2) is 6.74. The van der Waals surface area contributed by atoms with Gasteiger partial charge in [0.2, 0.25) is 0 Å². The van der Waals surface area contributed by atoms with Gasteiger partial charge in [-0.25, -0.2) is 0 Å². The lowest BCUT2D eigenvalue weighted by Crippen LogP contribution is -2.24. The number of hydrogen-bond acceptors (Lipinski definition) is 7. The van der Waals surface area contributed by atoms with Crippen LogP contribution in [0.1, 0.15) is 0 Å². The van der Waals surface area contributed by atoms with Crippen LogP contribution in [0.15, 0.2) is 18.2 Å². The number of anilines is 2. The highest BCUT2D eigenvalue weighted by atomic mass is 16.6. The van der Waals surface area contributed by atoms with Crippen LogP contribution in [0.5, 0.6) is 0 Å². The van der Waals surface area contributed by atoms with E-state index in [1.807, 2.05) is 0 Å². The molecule has 18 heavy (non-hydrogen) atoms. The van der Waals surface area contributed by atoms with Gasteiger partial charge in [-0.15, -0.1) is 0 Å². The number of ether oxygens (including phenoxy) is 1. The Balaban J connectivity index is 2.75. The van der Waals surface area contributed by atoms with Crippen LogP contribution in [0, 0.1) is 10.1 Å². The van der Waals surface area contributed by atoms with Gasteiger partial charge >= 0.3 is 0 Å². The van der Waals surface area contributed by atoms with Crippen molar-refractivity contribution in [3.05, 3.63) is 28.3 Å². The zero-order valence-electron chi connectivity index (χ0n) is 9.92. The highest BCUT2D eigenvalue weighted by molar-refractivity contribution is 5.63. The summed E-state index contributed by atoms with van der Waals surface area (Å²) in [5.74, 6) is 5.22. The number of hydrogen-bond donors (Lipinski definition) is 4. The quantitative estimate of drug-likeness (QED) is 0.314. The maximum atomic E-state index is 10.7. The summed E-state index contributed by atoms with van der Waals surface area (Å²) < 4.78 is 4.77. The summed E-state index contributed by atoms with van der Waals surface area (Å²) in [4.78, 5) is 10.2. The lowest BCUT2D eigenvalue weighted by molar-refractivity contribution is -0.384. The number of non-ortho nitro benzene ring substituents is 1. The van der Waals surface area contributed by atoms with Gasteiger partial charge in [-0.05, 0) is 6.07 Å². The van der Waals surface area contributed by atoms with Gasteiger partial charge in [-0.2, -0.15) is 0 Å². The minimum atomic E-state index is -0.691. The van der Waals surface area contributed by atoms with Crippen LogP contribution < -0.4 is 16.6 Å². The molecule has 0 bridgehead atoms. The Kier molecular flexibility index (Phi) is 5.31. The van der Waals surface area contributed by atoms with E-state index >= 15 is 0 Å². The van der Waals surface area contributed by atoms with Gasteiger partial charge in [0.1, 0.15) is 0 Å². The highest BCUT2D eigenvalue weighted by Crippen LogP contribution is 2.23. The van der Waals surface area contributed by atoms with Crippen molar-refractivity contribution < 1.29 is 14.8 Å². The summed E-state index contributed by atoms with van der Waals surface area (Å²) in [7, 11) is 1.48. The third-order valence-electron chi connectivity index (χ3n) is 2.20. The van der Waals surface area contributed by atoms with E-state index in [0.717, 1.165) is 0 Å². The first kappa shape index (κ1) is 14.2. The third kappa shape index (κ3) is 4.17. The predicted octanol–water partition coefficient (Wildman–Crippen LogP) is 0.300. The number of rotatable bonds is 7. The summed E-state index contributed by atoms with van der Waals surface area (Å²) in [6.07, 6.45) is -0.691. The van der Waals surface area contributed by atoms with Crippen LogP contribution in [-0.2, 0) is 4.74 Å². The fraction of sp³-hybridized carbons (Fsp3) is 0.400. The molecule has 1 aromatic rings. The van der Waals surface area contributed by atoms with Crippen LogP contribution in [0.2, 0.25) is 0 Å². The fourth-order valence-electron chi connectivity index (χ4n) is 1.39. The van der Waals surface area contributed by atoms with Crippen LogP contribution in [0.4, 0.5) is 17.1 Å². The second-order valence-corrected chi connectivity index (χ2v) is 3.66. The molecule has 0 radical (unpaired) electrons. The van der Waals surface area contributed by atoms with E-state index in [4.69, 9.17) is 10.6 Å². The van der Waals surface area contributed by atoms with Crippen molar-refractivity contribution in [2.24, 2.45) is 5.84 Å². The average Bonchev–Trinajstić information content (AvgIpc) is 2.36. The summed E-state index contributed by atoms with van der Waals surface area (Å²) in [6, 6.07) is 4.28. The number of nitrogens with zero attached hydrogens (tertiary/aromatic N) is 1. The van der Waals surface area contributed by atoms with Crippen LogP contribution in [0.25, 0.3) is 0 Å². The van der Waals surface area contributed by atoms with Gasteiger partial charge < -0.3 is 20.6 Å². The number of aliphatic hydroxyl groups is 1. The molecule has 0 saturated heterocycles. The standard InChI is InChI=1S/C10H16N4O4/c1-18-6-10(15)5-12-7-2-8(13-11)4-9(3-7)14(16)17/h2-4,10,12-13,15H,5-6,11H2,1H3. The summed E-state index contributed by atoms with van der Waals surface area (Å²) >= 11 is 0. The second-order valence-electron chi connectivity index (χ2n) is 3.66. The van der Waals surface area contributed by atoms with E-state index in [0.29, 0.717) is 11.4 Å². The summed E-state index contributed by atoms with van der Waals surface area (Å²) in [6.45, 7) is 0.406. The van der Waals surface area contributed by atoms with E-state index < -0.39 is 11.0 Å². The Morgan fingerprint density at radius 2 is 2.17 bits per heavy atom. The van der Waals surface area contributed by atoms with E-state index in [1.165, 1.54) is 19.2 Å². The van der Waals surface area contributed by atoms with Gasteiger partial charge in [-0.3, -0.25) is 16.0 Å². The first-order valence-electron chi connectivity index (χ1n) is 5.23. The van der Waals surface area contributed by atoms with E-state index in [1.54, 1.807) is 6.07 Å². The Morgan fingerprint density at radius 3 is 2.72 bits per heavy atom. The number of nitrogen functional groups attached to an aromatic ring is 1. The largest absolute Gasteiger partial charge is 0.389 e. The lowest BCUT2D eigenvalue weighted by atomic mass is 10.2. The third-order valence-corrected chi connectivity index (χ3v) is 2.20. The molecule has 0 aliphatic carbocycles. The molecule has 100 valence electrons. The molecule has 0 fully saturated rings. The fourth-order valence-corrected chi connectivity index (χ4v) is 1.39. The normalized spacial score (nSPS) is 11.9. The molecule has 0 spiro atoms. The highest BCUT2D eigenvalue weighted by Gasteiger charge is 2.10. The molecule has 0 saturated carbocycles. The zero-order chi connectivity index (χ0) is 13.5. The van der Waals surface area contributed by atoms with Crippen LogP contribution >= 0.6 is 0 Å². The van der Waals surface area contributed by atoms with E-state index in [9.17, 15) is 15.2 Å². The number of nitro benzene ring substituents is 1. The number of hydrazine groups is 1. The monoisotopic (exact) mass is 256 g/mol. The van der Waals surface area contributed by atoms with Gasteiger partial charge in [0.25, 0.3) is 5.69 Å². The minimum absolute atomic E-state index is 0.0887. The first-order chi connectivity index (χ1) is 8.56. The average molecular weight is 256 g/mol. The smallest absolute Gasteiger partial charge is 0.273 e. The van der Waals surface area contributed by atoms with Crippen molar-refractivity contribution in [1.82, 2.24) is 0 Å². The molecular weight excluding hydrogens is 240 g/mol. The Hall–Kier alpha value is -1.90. The number of nitrogens with one attached hydrogen (secondary N) is 2. The predicted molar refractivity (Wildman–Crippen MR) is 67.3 cm³/mol. The molecule has 1 atom stereocenters. The Labute approximate surface area is 104 Å². The van der Waals surface area contributed by atoms with Crippen molar-refractivity contribution in [2.45, 2.75) is 6.10 Å². The molecule has 1 aromatic carbocycles.